The number of pyridine rings is 2. The van der Waals surface area contributed by atoms with Crippen LogP contribution >= 0.6 is 11.6 Å². The van der Waals surface area contributed by atoms with Crippen LogP contribution in [-0.2, 0) is 21.0 Å². The van der Waals surface area contributed by atoms with Crippen LogP contribution < -0.4 is 10.6 Å². The Morgan fingerprint density at radius 3 is 2.49 bits per heavy atom. The second kappa shape index (κ2) is 15.5. The van der Waals surface area contributed by atoms with E-state index in [2.05, 4.69) is 27.5 Å². The molecule has 4 heterocycles. The van der Waals surface area contributed by atoms with Gasteiger partial charge in [0.2, 0.25) is 0 Å². The van der Waals surface area contributed by atoms with Gasteiger partial charge in [0.25, 0.3) is 0 Å². The third kappa shape index (κ3) is 9.59. The van der Waals surface area contributed by atoms with Crippen LogP contribution in [0.4, 0.5) is 10.2 Å². The SMILES string of the molecule is CC(CCCc1cc(-c2ccc(F)c(NCC3CCOCC3)n2)c(Cl)cn1)C1CCC(NCC2CCS(=O)(=O)CC2)CC1. The molecule has 0 radical (unpaired) electrons. The number of anilines is 1. The quantitative estimate of drug-likeness (QED) is 0.268. The summed E-state index contributed by atoms with van der Waals surface area (Å²) in [5.41, 5.74) is 2.42. The van der Waals surface area contributed by atoms with Crippen LogP contribution in [0.2, 0.25) is 5.02 Å². The maximum absolute atomic E-state index is 14.6. The van der Waals surface area contributed by atoms with Crippen molar-refractivity contribution in [3.05, 3.63) is 40.9 Å². The standard InChI is InChI=1S/C33H48ClFN4O3S/c1-23(26-5-7-27(8-6-26)36-20-25-13-17-43(40,41)18-14-25)3-2-4-28-19-29(30(34)22-37-28)32-10-9-31(35)33(39-32)38-21-24-11-15-42-16-12-24/h9-10,19,22-27,36H,2-8,11-18,20-21H2,1H3,(H,38,39). The van der Waals surface area contributed by atoms with E-state index in [-0.39, 0.29) is 11.6 Å². The second-order valence-electron chi connectivity index (χ2n) is 13.1. The van der Waals surface area contributed by atoms with E-state index in [0.717, 1.165) is 81.9 Å². The molecule has 2 aliphatic heterocycles. The summed E-state index contributed by atoms with van der Waals surface area (Å²) in [4.78, 5) is 9.18. The van der Waals surface area contributed by atoms with E-state index in [1.165, 1.54) is 31.7 Å². The topological polar surface area (TPSA) is 93.2 Å². The molecule has 7 nitrogen and oxygen atoms in total. The summed E-state index contributed by atoms with van der Waals surface area (Å²) < 4.78 is 43.3. The molecule has 2 saturated heterocycles. The van der Waals surface area contributed by atoms with E-state index in [0.29, 0.717) is 52.6 Å². The zero-order valence-corrected chi connectivity index (χ0v) is 27.1. The molecular formula is C33H48ClFN4O3S. The molecule has 1 unspecified atom stereocenters. The van der Waals surface area contributed by atoms with Crippen LogP contribution in [0.15, 0.2) is 24.4 Å². The minimum atomic E-state index is -2.78. The first-order valence-corrected chi connectivity index (χ1v) is 18.5. The smallest absolute Gasteiger partial charge is 0.165 e. The molecular weight excluding hydrogens is 587 g/mol. The molecule has 10 heteroatoms. The monoisotopic (exact) mass is 634 g/mol. The number of nitrogens with zero attached hydrogens (tertiary/aromatic N) is 2. The highest BCUT2D eigenvalue weighted by molar-refractivity contribution is 7.91. The lowest BCUT2D eigenvalue weighted by Crippen LogP contribution is -2.39. The van der Waals surface area contributed by atoms with E-state index in [4.69, 9.17) is 16.3 Å². The first-order chi connectivity index (χ1) is 20.8. The molecule has 5 rings (SSSR count). The third-order valence-corrected chi connectivity index (χ3v) is 12.0. The lowest BCUT2D eigenvalue weighted by atomic mass is 9.77. The average molecular weight is 635 g/mol. The number of rotatable bonds is 12. The average Bonchev–Trinajstić information content (AvgIpc) is 3.02. The molecule has 3 aliphatic rings. The van der Waals surface area contributed by atoms with Gasteiger partial charge in [0.1, 0.15) is 9.84 Å². The Morgan fingerprint density at radius 1 is 1.02 bits per heavy atom. The Balaban J connectivity index is 1.06. The molecule has 2 N–H and O–H groups in total. The van der Waals surface area contributed by atoms with Gasteiger partial charge < -0.3 is 15.4 Å². The Bertz CT molecular complexity index is 1290. The summed E-state index contributed by atoms with van der Waals surface area (Å²) in [7, 11) is -2.78. The van der Waals surface area contributed by atoms with Crippen molar-refractivity contribution in [2.45, 2.75) is 83.6 Å². The zero-order chi connectivity index (χ0) is 30.2. The van der Waals surface area contributed by atoms with Crippen molar-refractivity contribution in [2.24, 2.45) is 23.7 Å². The molecule has 3 fully saturated rings. The largest absolute Gasteiger partial charge is 0.381 e. The maximum Gasteiger partial charge on any atom is 0.165 e. The molecule has 1 atom stereocenters. The zero-order valence-electron chi connectivity index (χ0n) is 25.5. The molecule has 2 aromatic heterocycles. The molecule has 0 amide bonds. The number of ether oxygens (including phenoxy) is 1. The van der Waals surface area contributed by atoms with Crippen molar-refractivity contribution in [1.29, 1.82) is 0 Å². The Labute approximate surface area is 262 Å². The predicted octanol–water partition coefficient (Wildman–Crippen LogP) is 6.71. The molecule has 1 aliphatic carbocycles. The fourth-order valence-corrected chi connectivity index (χ4v) is 8.72. The number of halogens is 2. The molecule has 43 heavy (non-hydrogen) atoms. The van der Waals surface area contributed by atoms with Gasteiger partial charge in [-0.25, -0.2) is 17.8 Å². The number of aromatic nitrogens is 2. The highest BCUT2D eigenvalue weighted by Crippen LogP contribution is 2.34. The van der Waals surface area contributed by atoms with Crippen molar-refractivity contribution in [1.82, 2.24) is 15.3 Å². The van der Waals surface area contributed by atoms with Crippen molar-refractivity contribution in [3.8, 4) is 11.3 Å². The van der Waals surface area contributed by atoms with E-state index in [1.807, 2.05) is 6.07 Å². The summed E-state index contributed by atoms with van der Waals surface area (Å²) in [5, 5.41) is 7.47. The first kappa shape index (κ1) is 32.6. The summed E-state index contributed by atoms with van der Waals surface area (Å²) in [5.74, 6) is 3.00. The minimum Gasteiger partial charge on any atom is -0.381 e. The van der Waals surface area contributed by atoms with Crippen LogP contribution in [-0.4, -0.2) is 62.2 Å². The van der Waals surface area contributed by atoms with Gasteiger partial charge in [-0.05, 0) is 113 Å². The van der Waals surface area contributed by atoms with Crippen molar-refractivity contribution in [3.63, 3.8) is 0 Å². The first-order valence-electron chi connectivity index (χ1n) is 16.3. The fourth-order valence-electron chi connectivity index (χ4n) is 6.93. The van der Waals surface area contributed by atoms with Crippen LogP contribution in [0.1, 0.15) is 76.8 Å². The van der Waals surface area contributed by atoms with Crippen molar-refractivity contribution >= 4 is 27.3 Å². The van der Waals surface area contributed by atoms with Gasteiger partial charge in [-0.1, -0.05) is 24.9 Å². The number of nitrogens with one attached hydrogen (secondary N) is 2. The number of hydrogen-bond donors (Lipinski definition) is 2. The minimum absolute atomic E-state index is 0.265. The molecule has 1 saturated carbocycles. The van der Waals surface area contributed by atoms with Gasteiger partial charge >= 0.3 is 0 Å². The van der Waals surface area contributed by atoms with E-state index in [1.54, 1.807) is 12.3 Å². The van der Waals surface area contributed by atoms with Gasteiger partial charge in [-0.2, -0.15) is 0 Å². The highest BCUT2D eigenvalue weighted by atomic mass is 35.5. The molecule has 0 spiro atoms. The lowest BCUT2D eigenvalue weighted by Gasteiger charge is -2.34. The Morgan fingerprint density at radius 2 is 1.74 bits per heavy atom. The number of aryl methyl sites for hydroxylation is 1. The highest BCUT2D eigenvalue weighted by Gasteiger charge is 2.27. The Kier molecular flexibility index (Phi) is 11.7. The predicted molar refractivity (Wildman–Crippen MR) is 172 cm³/mol. The van der Waals surface area contributed by atoms with E-state index >= 15 is 0 Å². The van der Waals surface area contributed by atoms with Crippen molar-refractivity contribution < 1.29 is 17.5 Å². The summed E-state index contributed by atoms with van der Waals surface area (Å²) in [6.07, 6.45) is 13.3. The fraction of sp³-hybridized carbons (Fsp3) is 0.697. The molecule has 238 valence electrons. The van der Waals surface area contributed by atoms with Crippen LogP contribution in [0.3, 0.4) is 0 Å². The van der Waals surface area contributed by atoms with Gasteiger partial charge in [-0.15, -0.1) is 0 Å². The summed E-state index contributed by atoms with van der Waals surface area (Å²) in [6.45, 7) is 5.54. The summed E-state index contributed by atoms with van der Waals surface area (Å²) in [6, 6.07) is 5.72. The van der Waals surface area contributed by atoms with Crippen LogP contribution in [0, 0.1) is 29.5 Å². The van der Waals surface area contributed by atoms with Crippen LogP contribution in [0.25, 0.3) is 11.3 Å². The molecule has 2 aromatic rings. The number of hydrogen-bond acceptors (Lipinski definition) is 7. The van der Waals surface area contributed by atoms with Gasteiger partial charge in [0.15, 0.2) is 11.6 Å². The Hall–Kier alpha value is -1.81. The summed E-state index contributed by atoms with van der Waals surface area (Å²) >= 11 is 6.54. The van der Waals surface area contributed by atoms with E-state index < -0.39 is 9.84 Å². The van der Waals surface area contributed by atoms with Gasteiger partial charge in [-0.3, -0.25) is 4.98 Å². The normalized spacial score (nSPS) is 24.1. The van der Waals surface area contributed by atoms with Gasteiger partial charge in [0.05, 0.1) is 22.2 Å². The molecule has 0 aromatic carbocycles. The second-order valence-corrected chi connectivity index (χ2v) is 15.8. The van der Waals surface area contributed by atoms with E-state index in [9.17, 15) is 12.8 Å². The number of sulfone groups is 1. The van der Waals surface area contributed by atoms with Gasteiger partial charge in [0, 0.05) is 43.3 Å². The third-order valence-electron chi connectivity index (χ3n) is 9.97. The van der Waals surface area contributed by atoms with Crippen LogP contribution in [0.5, 0.6) is 0 Å². The van der Waals surface area contributed by atoms with Crippen molar-refractivity contribution in [2.75, 3.05) is 43.1 Å². The lowest BCUT2D eigenvalue weighted by molar-refractivity contribution is 0.0699. The maximum atomic E-state index is 14.6. The molecule has 0 bridgehead atoms.